The van der Waals surface area contributed by atoms with Crippen LogP contribution in [-0.4, -0.2) is 52.8 Å². The summed E-state index contributed by atoms with van der Waals surface area (Å²) < 4.78 is 25.0. The number of ether oxygens (including phenoxy) is 2. The Bertz CT molecular complexity index is 944. The van der Waals surface area contributed by atoms with Gasteiger partial charge in [0.2, 0.25) is 0 Å². The first-order valence-corrected chi connectivity index (χ1v) is 20.1. The predicted octanol–water partition coefficient (Wildman–Crippen LogP) is 8.27. The third kappa shape index (κ3) is 11.0. The fraction of sp³-hybridized carbons (Fsp3) is 0.636. The number of methoxy groups -OCH3 is 1. The van der Waals surface area contributed by atoms with Gasteiger partial charge in [0.05, 0.1) is 25.9 Å². The maximum Gasteiger partial charge on any atom is 0.193 e. The maximum atomic E-state index is 11.8. The number of aliphatic hydroxyl groups is 1. The highest BCUT2D eigenvalue weighted by atomic mass is 28.4. The standard InChI is InChI=1S/C33H56O5Si2/c1-13-18-30(38-40(15-3,16-4)17-5)23-24-33(9,34)31(36-26-27-19-21-29(35-10)22-20-27)25-28(14-2)37-39(11,12)32(6,7)8/h2,13,19-24,28,30-31,34H,1,15-18,25-26H2,3-12H3/b24-23+/t28-,30+,31+,33+/m0/s1. The summed E-state index contributed by atoms with van der Waals surface area (Å²) in [6.07, 6.45) is 11.5. The molecule has 1 aromatic rings. The molecule has 0 aliphatic heterocycles. The lowest BCUT2D eigenvalue weighted by molar-refractivity contribution is -0.0912. The number of benzene rings is 1. The Hall–Kier alpha value is -1.67. The molecule has 0 saturated carbocycles. The van der Waals surface area contributed by atoms with Crippen LogP contribution < -0.4 is 4.74 Å². The van der Waals surface area contributed by atoms with Crippen LogP contribution in [0.1, 0.15) is 66.9 Å². The zero-order valence-electron chi connectivity index (χ0n) is 26.9. The monoisotopic (exact) mass is 588 g/mol. The highest BCUT2D eigenvalue weighted by Crippen LogP contribution is 2.38. The van der Waals surface area contributed by atoms with Crippen LogP contribution in [0.25, 0.3) is 0 Å². The van der Waals surface area contributed by atoms with E-state index in [1.807, 2.05) is 42.5 Å². The summed E-state index contributed by atoms with van der Waals surface area (Å²) in [7, 11) is -2.34. The molecule has 0 bridgehead atoms. The van der Waals surface area contributed by atoms with E-state index in [-0.39, 0.29) is 11.1 Å². The highest BCUT2D eigenvalue weighted by Gasteiger charge is 2.41. The molecule has 226 valence electrons. The summed E-state index contributed by atoms with van der Waals surface area (Å²) in [5.74, 6) is 3.62. The number of hydrogen-bond acceptors (Lipinski definition) is 5. The van der Waals surface area contributed by atoms with Gasteiger partial charge in [0.25, 0.3) is 0 Å². The minimum atomic E-state index is -2.14. The van der Waals surface area contributed by atoms with Gasteiger partial charge in [-0.1, -0.05) is 77.8 Å². The second-order valence-corrected chi connectivity index (χ2v) is 21.9. The normalized spacial score (nSPS) is 16.6. The molecule has 0 heterocycles. The lowest BCUT2D eigenvalue weighted by Gasteiger charge is -2.40. The zero-order chi connectivity index (χ0) is 30.6. The van der Waals surface area contributed by atoms with Crippen molar-refractivity contribution in [1.29, 1.82) is 0 Å². The van der Waals surface area contributed by atoms with E-state index in [1.165, 1.54) is 0 Å². The van der Waals surface area contributed by atoms with Gasteiger partial charge in [-0.25, -0.2) is 0 Å². The molecule has 0 aliphatic carbocycles. The van der Waals surface area contributed by atoms with Crippen molar-refractivity contribution in [2.75, 3.05) is 7.11 Å². The van der Waals surface area contributed by atoms with Crippen molar-refractivity contribution in [2.24, 2.45) is 0 Å². The quantitative estimate of drug-likeness (QED) is 0.106. The third-order valence-electron chi connectivity index (χ3n) is 8.50. The molecule has 0 saturated heterocycles. The molecule has 1 rings (SSSR count). The molecule has 40 heavy (non-hydrogen) atoms. The maximum absolute atomic E-state index is 11.8. The molecule has 0 unspecified atom stereocenters. The molecule has 7 heteroatoms. The first-order chi connectivity index (χ1) is 18.6. The van der Waals surface area contributed by atoms with Crippen molar-refractivity contribution >= 4 is 16.6 Å². The molecular weight excluding hydrogens is 533 g/mol. The average molecular weight is 589 g/mol. The Labute approximate surface area is 247 Å². The summed E-state index contributed by atoms with van der Waals surface area (Å²) in [6.45, 7) is 23.6. The van der Waals surface area contributed by atoms with Crippen LogP contribution in [0.3, 0.4) is 0 Å². The van der Waals surface area contributed by atoms with Crippen LogP contribution in [0.15, 0.2) is 49.1 Å². The smallest absolute Gasteiger partial charge is 0.193 e. The van der Waals surface area contributed by atoms with Crippen LogP contribution in [0, 0.1) is 12.3 Å². The molecule has 1 N–H and O–H groups in total. The number of rotatable bonds is 18. The van der Waals surface area contributed by atoms with Gasteiger partial charge in [-0.15, -0.1) is 13.0 Å². The lowest BCUT2D eigenvalue weighted by Crippen LogP contribution is -2.47. The Morgan fingerprint density at radius 2 is 1.60 bits per heavy atom. The van der Waals surface area contributed by atoms with Crippen molar-refractivity contribution in [3.63, 3.8) is 0 Å². The highest BCUT2D eigenvalue weighted by molar-refractivity contribution is 6.74. The Morgan fingerprint density at radius 3 is 2.05 bits per heavy atom. The number of terminal acetylenes is 1. The Balaban J connectivity index is 3.29. The molecule has 1 aromatic carbocycles. The molecular formula is C33H56O5Si2. The van der Waals surface area contributed by atoms with E-state index in [2.05, 4.69) is 67.1 Å². The minimum absolute atomic E-state index is 0.00738. The second-order valence-electron chi connectivity index (χ2n) is 12.4. The van der Waals surface area contributed by atoms with Crippen LogP contribution in [0.4, 0.5) is 0 Å². The van der Waals surface area contributed by atoms with E-state index in [0.717, 1.165) is 29.4 Å². The molecule has 0 aromatic heterocycles. The molecule has 0 amide bonds. The summed E-state index contributed by atoms with van der Waals surface area (Å²) in [5.41, 5.74) is -0.332. The fourth-order valence-corrected chi connectivity index (χ4v) is 8.38. The van der Waals surface area contributed by atoms with Crippen molar-refractivity contribution < 1.29 is 23.4 Å². The summed E-state index contributed by atoms with van der Waals surface area (Å²) >= 11 is 0. The van der Waals surface area contributed by atoms with Crippen molar-refractivity contribution in [3.05, 3.63) is 54.6 Å². The second kappa shape index (κ2) is 16.1. The van der Waals surface area contributed by atoms with E-state index in [0.29, 0.717) is 19.4 Å². The Kier molecular flexibility index (Phi) is 14.6. The van der Waals surface area contributed by atoms with E-state index in [1.54, 1.807) is 14.0 Å². The van der Waals surface area contributed by atoms with E-state index < -0.39 is 34.4 Å². The van der Waals surface area contributed by atoms with Crippen LogP contribution in [0.2, 0.25) is 36.3 Å². The molecule has 0 radical (unpaired) electrons. The van der Waals surface area contributed by atoms with Crippen molar-refractivity contribution in [3.8, 4) is 18.1 Å². The SMILES string of the molecule is C#C[C@@H](C[C@@H](OCc1ccc(OC)cc1)[C@](C)(O)/C=C/[C@@H](CC=C)O[Si](CC)(CC)CC)O[Si](C)(C)C(C)(C)C. The van der Waals surface area contributed by atoms with Crippen molar-refractivity contribution in [2.45, 2.75) is 128 Å². The first-order valence-electron chi connectivity index (χ1n) is 14.7. The van der Waals surface area contributed by atoms with Gasteiger partial charge in [0.1, 0.15) is 17.5 Å². The van der Waals surface area contributed by atoms with Gasteiger partial charge in [-0.05, 0) is 67.3 Å². The van der Waals surface area contributed by atoms with Gasteiger partial charge in [-0.3, -0.25) is 0 Å². The Morgan fingerprint density at radius 1 is 1.02 bits per heavy atom. The van der Waals surface area contributed by atoms with Gasteiger partial charge in [0.15, 0.2) is 16.6 Å². The molecule has 4 atom stereocenters. The zero-order valence-corrected chi connectivity index (χ0v) is 28.9. The van der Waals surface area contributed by atoms with Gasteiger partial charge < -0.3 is 23.4 Å². The van der Waals surface area contributed by atoms with E-state index in [4.69, 9.17) is 24.7 Å². The minimum Gasteiger partial charge on any atom is -0.497 e. The van der Waals surface area contributed by atoms with E-state index >= 15 is 0 Å². The third-order valence-corrected chi connectivity index (χ3v) is 17.7. The molecule has 0 aliphatic rings. The molecule has 5 nitrogen and oxygen atoms in total. The van der Waals surface area contributed by atoms with Gasteiger partial charge in [0, 0.05) is 6.42 Å². The topological polar surface area (TPSA) is 57.2 Å². The van der Waals surface area contributed by atoms with Gasteiger partial charge in [-0.2, -0.15) is 0 Å². The summed E-state index contributed by atoms with van der Waals surface area (Å²) in [5, 5.41) is 11.8. The van der Waals surface area contributed by atoms with Crippen LogP contribution in [0.5, 0.6) is 5.75 Å². The summed E-state index contributed by atoms with van der Waals surface area (Å²) in [6, 6.07) is 10.9. The van der Waals surface area contributed by atoms with E-state index in [9.17, 15) is 5.11 Å². The van der Waals surface area contributed by atoms with Gasteiger partial charge >= 0.3 is 0 Å². The first kappa shape index (κ1) is 36.4. The van der Waals surface area contributed by atoms with Crippen molar-refractivity contribution in [1.82, 2.24) is 0 Å². The summed E-state index contributed by atoms with van der Waals surface area (Å²) in [4.78, 5) is 0. The largest absolute Gasteiger partial charge is 0.497 e. The predicted molar refractivity (Wildman–Crippen MR) is 174 cm³/mol. The molecule has 0 fully saturated rings. The molecule has 0 spiro atoms. The van der Waals surface area contributed by atoms with Crippen LogP contribution in [-0.2, 0) is 20.2 Å². The van der Waals surface area contributed by atoms with Crippen LogP contribution >= 0.6 is 0 Å². The average Bonchev–Trinajstić information content (AvgIpc) is 2.91. The number of hydrogen-bond donors (Lipinski definition) is 1. The lowest BCUT2D eigenvalue weighted by atomic mass is 9.93. The fourth-order valence-electron chi connectivity index (χ4n) is 4.33.